The van der Waals surface area contributed by atoms with Gasteiger partial charge in [0.2, 0.25) is 5.88 Å². The third-order valence-corrected chi connectivity index (χ3v) is 2.07. The summed E-state index contributed by atoms with van der Waals surface area (Å²) in [6.07, 6.45) is 7.73. The molecule has 74 valence electrons. The molecule has 3 heteroatoms. The largest absolute Gasteiger partial charge is 0.481 e. The number of hydrogen-bond acceptors (Lipinski definition) is 2. The summed E-state index contributed by atoms with van der Waals surface area (Å²) in [5.74, 6) is 0.667. The van der Waals surface area contributed by atoms with Crippen LogP contribution in [-0.2, 0) is 4.74 Å². The normalized spacial score (nSPS) is 13.8. The maximum atomic E-state index is 5.06. The van der Waals surface area contributed by atoms with Crippen molar-refractivity contribution in [1.29, 1.82) is 0 Å². The zero-order chi connectivity index (χ0) is 10.1. The Balaban J connectivity index is 4.19. The molecule has 0 rings (SSSR count). The summed E-state index contributed by atoms with van der Waals surface area (Å²) in [6, 6.07) is 0. The zero-order valence-electron chi connectivity index (χ0n) is 8.38. The van der Waals surface area contributed by atoms with E-state index in [-0.39, 0.29) is 0 Å². The quantitative estimate of drug-likeness (QED) is 0.536. The van der Waals surface area contributed by atoms with Gasteiger partial charge in [0.05, 0.1) is 7.11 Å². The van der Waals surface area contributed by atoms with Crippen molar-refractivity contribution in [2.75, 3.05) is 7.11 Å². The van der Waals surface area contributed by atoms with Gasteiger partial charge in [0, 0.05) is 10.7 Å². The predicted molar refractivity (Wildman–Crippen MR) is 61.2 cm³/mol. The van der Waals surface area contributed by atoms with Gasteiger partial charge in [-0.1, -0.05) is 19.4 Å². The van der Waals surface area contributed by atoms with Gasteiger partial charge in [-0.2, -0.15) is 0 Å². The standard InChI is InChI=1S/C10H16BrNO/c1-4-6-7-10(13-3)12-8-9(11)5-2/h5,7-8H,4,6H2,1-3H3/b9-5+,10-7-,12-8-. The van der Waals surface area contributed by atoms with Crippen LogP contribution in [0.4, 0.5) is 0 Å². The second-order valence-electron chi connectivity index (χ2n) is 2.47. The monoisotopic (exact) mass is 245 g/mol. The molecule has 0 aromatic carbocycles. The number of allylic oxidation sites excluding steroid dienone is 3. The number of rotatable bonds is 5. The third-order valence-electron chi connectivity index (χ3n) is 1.41. The van der Waals surface area contributed by atoms with E-state index in [1.807, 2.05) is 19.1 Å². The van der Waals surface area contributed by atoms with E-state index in [2.05, 4.69) is 27.8 Å². The number of unbranched alkanes of at least 4 members (excludes halogenated alkanes) is 1. The van der Waals surface area contributed by atoms with Crippen LogP contribution in [0.15, 0.2) is 27.5 Å². The van der Waals surface area contributed by atoms with Crippen molar-refractivity contribution >= 4 is 22.1 Å². The van der Waals surface area contributed by atoms with Gasteiger partial charge >= 0.3 is 0 Å². The van der Waals surface area contributed by atoms with Crippen molar-refractivity contribution < 1.29 is 4.74 Å². The highest BCUT2D eigenvalue weighted by molar-refractivity contribution is 9.12. The first-order chi connectivity index (χ1) is 6.24. The minimum absolute atomic E-state index is 0.667. The molecule has 0 N–H and O–H groups in total. The molecule has 0 aromatic rings. The van der Waals surface area contributed by atoms with Gasteiger partial charge in [0.15, 0.2) is 0 Å². The maximum absolute atomic E-state index is 5.06. The summed E-state index contributed by atoms with van der Waals surface area (Å²) < 4.78 is 6.01. The lowest BCUT2D eigenvalue weighted by Gasteiger charge is -1.98. The molecule has 0 amide bonds. The highest BCUT2D eigenvalue weighted by atomic mass is 79.9. The molecule has 2 nitrogen and oxygen atoms in total. The van der Waals surface area contributed by atoms with E-state index in [1.54, 1.807) is 13.3 Å². The second kappa shape index (κ2) is 8.05. The Bertz CT molecular complexity index is 219. The Labute approximate surface area is 88.5 Å². The highest BCUT2D eigenvalue weighted by Crippen LogP contribution is 2.05. The lowest BCUT2D eigenvalue weighted by molar-refractivity contribution is 0.287. The summed E-state index contributed by atoms with van der Waals surface area (Å²) in [7, 11) is 1.63. The molecule has 0 aliphatic rings. The minimum atomic E-state index is 0.667. The lowest BCUT2D eigenvalue weighted by Crippen LogP contribution is -1.84. The fourth-order valence-electron chi connectivity index (χ4n) is 0.656. The molecule has 0 heterocycles. The number of halogens is 1. The Morgan fingerprint density at radius 2 is 2.23 bits per heavy atom. The topological polar surface area (TPSA) is 21.6 Å². The molecule has 0 aliphatic heterocycles. The smallest absolute Gasteiger partial charge is 0.208 e. The zero-order valence-corrected chi connectivity index (χ0v) is 9.97. The molecule has 0 saturated carbocycles. The molecule has 0 aliphatic carbocycles. The van der Waals surface area contributed by atoms with Gasteiger partial charge in [0.1, 0.15) is 0 Å². The molecule has 0 spiro atoms. The fraction of sp³-hybridized carbons (Fsp3) is 0.500. The summed E-state index contributed by atoms with van der Waals surface area (Å²) in [5.41, 5.74) is 0. The van der Waals surface area contributed by atoms with Crippen LogP contribution in [0.3, 0.4) is 0 Å². The van der Waals surface area contributed by atoms with Crippen LogP contribution in [0.1, 0.15) is 26.7 Å². The van der Waals surface area contributed by atoms with Crippen molar-refractivity contribution in [3.63, 3.8) is 0 Å². The average molecular weight is 246 g/mol. The molecular formula is C10H16BrNO. The van der Waals surface area contributed by atoms with Crippen LogP contribution in [0, 0.1) is 0 Å². The van der Waals surface area contributed by atoms with E-state index in [1.165, 1.54) is 0 Å². The second-order valence-corrected chi connectivity index (χ2v) is 3.38. The van der Waals surface area contributed by atoms with Crippen LogP contribution < -0.4 is 0 Å². The van der Waals surface area contributed by atoms with Gasteiger partial charge in [-0.3, -0.25) is 0 Å². The van der Waals surface area contributed by atoms with Crippen LogP contribution in [0.5, 0.6) is 0 Å². The minimum Gasteiger partial charge on any atom is -0.481 e. The van der Waals surface area contributed by atoms with Gasteiger partial charge in [-0.05, 0) is 35.4 Å². The first-order valence-electron chi connectivity index (χ1n) is 4.34. The van der Waals surface area contributed by atoms with Crippen LogP contribution >= 0.6 is 15.9 Å². The van der Waals surface area contributed by atoms with Crippen molar-refractivity contribution in [2.45, 2.75) is 26.7 Å². The molecular weight excluding hydrogens is 230 g/mol. The summed E-state index contributed by atoms with van der Waals surface area (Å²) >= 11 is 3.33. The van der Waals surface area contributed by atoms with Crippen molar-refractivity contribution in [2.24, 2.45) is 4.99 Å². The molecule has 0 atom stereocenters. The highest BCUT2D eigenvalue weighted by Gasteiger charge is 1.89. The Kier molecular flexibility index (Phi) is 7.69. The fourth-order valence-corrected chi connectivity index (χ4v) is 0.759. The van der Waals surface area contributed by atoms with Crippen LogP contribution in [0.25, 0.3) is 0 Å². The van der Waals surface area contributed by atoms with E-state index in [9.17, 15) is 0 Å². The number of aliphatic imine (C=N–C) groups is 1. The van der Waals surface area contributed by atoms with Crippen molar-refractivity contribution in [3.05, 3.63) is 22.5 Å². The average Bonchev–Trinajstić information content (AvgIpc) is 2.17. The molecule has 0 bridgehead atoms. The van der Waals surface area contributed by atoms with E-state index >= 15 is 0 Å². The van der Waals surface area contributed by atoms with Gasteiger partial charge in [-0.15, -0.1) is 0 Å². The Morgan fingerprint density at radius 3 is 2.69 bits per heavy atom. The molecule has 13 heavy (non-hydrogen) atoms. The van der Waals surface area contributed by atoms with E-state index in [0.29, 0.717) is 5.88 Å². The third kappa shape index (κ3) is 6.58. The number of hydrogen-bond donors (Lipinski definition) is 0. The lowest BCUT2D eigenvalue weighted by atomic mass is 10.3. The van der Waals surface area contributed by atoms with Crippen LogP contribution in [-0.4, -0.2) is 13.3 Å². The van der Waals surface area contributed by atoms with Crippen molar-refractivity contribution in [1.82, 2.24) is 0 Å². The van der Waals surface area contributed by atoms with E-state index in [4.69, 9.17) is 4.74 Å². The Morgan fingerprint density at radius 1 is 1.54 bits per heavy atom. The molecule has 0 aromatic heterocycles. The van der Waals surface area contributed by atoms with Crippen molar-refractivity contribution in [3.8, 4) is 0 Å². The molecule has 0 radical (unpaired) electrons. The van der Waals surface area contributed by atoms with E-state index in [0.717, 1.165) is 17.3 Å². The van der Waals surface area contributed by atoms with Crippen LogP contribution in [0.2, 0.25) is 0 Å². The number of nitrogens with zero attached hydrogens (tertiary/aromatic N) is 1. The van der Waals surface area contributed by atoms with Gasteiger partial charge in [-0.25, -0.2) is 4.99 Å². The SMILES string of the molecule is C\C=C(Br)/C=N\C(=C\CCC)OC. The predicted octanol–water partition coefficient (Wildman–Crippen LogP) is 3.64. The molecule has 0 unspecified atom stereocenters. The molecule has 0 fully saturated rings. The first kappa shape index (κ1) is 12.4. The van der Waals surface area contributed by atoms with Gasteiger partial charge < -0.3 is 4.74 Å². The van der Waals surface area contributed by atoms with E-state index < -0.39 is 0 Å². The first-order valence-corrected chi connectivity index (χ1v) is 5.13. The summed E-state index contributed by atoms with van der Waals surface area (Å²) in [6.45, 7) is 4.06. The maximum Gasteiger partial charge on any atom is 0.208 e. The summed E-state index contributed by atoms with van der Waals surface area (Å²) in [4.78, 5) is 4.15. The Hall–Kier alpha value is -0.570. The number of methoxy groups -OCH3 is 1. The van der Waals surface area contributed by atoms with Gasteiger partial charge in [0.25, 0.3) is 0 Å². The summed E-state index contributed by atoms with van der Waals surface area (Å²) in [5, 5.41) is 0. The number of ether oxygens (including phenoxy) is 1. The molecule has 0 saturated heterocycles.